The summed E-state index contributed by atoms with van der Waals surface area (Å²) in [6, 6.07) is 12.0. The molecule has 1 saturated heterocycles. The molecule has 1 aromatic carbocycles. The number of hydrogen-bond donors (Lipinski definition) is 1. The van der Waals surface area contributed by atoms with Gasteiger partial charge < -0.3 is 15.1 Å². The first kappa shape index (κ1) is 20.6. The van der Waals surface area contributed by atoms with Crippen LogP contribution in [0.1, 0.15) is 29.4 Å². The first-order valence-electron chi connectivity index (χ1n) is 10.4. The lowest BCUT2D eigenvalue weighted by Gasteiger charge is -2.35. The first-order chi connectivity index (χ1) is 15.0. The van der Waals surface area contributed by atoms with Crippen LogP contribution in [0.4, 0.5) is 11.4 Å². The molecule has 1 N–H and O–H groups in total. The van der Waals surface area contributed by atoms with Crippen LogP contribution < -0.4 is 10.2 Å². The van der Waals surface area contributed by atoms with Gasteiger partial charge in [-0.2, -0.15) is 0 Å². The largest absolute Gasteiger partial charge is 0.368 e. The van der Waals surface area contributed by atoms with Crippen molar-refractivity contribution in [2.45, 2.75) is 20.3 Å². The van der Waals surface area contributed by atoms with Crippen LogP contribution in [0, 0.1) is 6.92 Å². The SMILES string of the molecule is CCC(=O)Nc1ccc(-n2cnc(C(=O)N3CCN(c4ccc(C)cc4)CC3)c2)nc1. The number of amides is 2. The maximum absolute atomic E-state index is 12.9. The highest BCUT2D eigenvalue weighted by Crippen LogP contribution is 2.18. The van der Waals surface area contributed by atoms with Gasteiger partial charge in [0.05, 0.1) is 11.9 Å². The number of hydrogen-bond acceptors (Lipinski definition) is 5. The second kappa shape index (κ2) is 8.99. The number of carbonyl (C=O) groups is 2. The third kappa shape index (κ3) is 4.74. The second-order valence-electron chi connectivity index (χ2n) is 7.59. The Balaban J connectivity index is 1.37. The van der Waals surface area contributed by atoms with E-state index in [4.69, 9.17) is 0 Å². The summed E-state index contributed by atoms with van der Waals surface area (Å²) in [7, 11) is 0. The van der Waals surface area contributed by atoms with Crippen molar-refractivity contribution in [2.75, 3.05) is 36.4 Å². The molecular weight excluding hydrogens is 392 g/mol. The normalized spacial score (nSPS) is 13.9. The lowest BCUT2D eigenvalue weighted by Crippen LogP contribution is -2.48. The summed E-state index contributed by atoms with van der Waals surface area (Å²) >= 11 is 0. The van der Waals surface area contributed by atoms with Crippen LogP contribution in [0.3, 0.4) is 0 Å². The summed E-state index contributed by atoms with van der Waals surface area (Å²) in [4.78, 5) is 37.2. The number of piperazine rings is 1. The number of rotatable bonds is 5. The monoisotopic (exact) mass is 418 g/mol. The van der Waals surface area contributed by atoms with Crippen molar-refractivity contribution < 1.29 is 9.59 Å². The van der Waals surface area contributed by atoms with Gasteiger partial charge in [-0.15, -0.1) is 0 Å². The minimum atomic E-state index is -0.0749. The van der Waals surface area contributed by atoms with E-state index < -0.39 is 0 Å². The Morgan fingerprint density at radius 1 is 1.00 bits per heavy atom. The molecule has 1 fully saturated rings. The van der Waals surface area contributed by atoms with Crippen molar-refractivity contribution in [2.24, 2.45) is 0 Å². The predicted molar refractivity (Wildman–Crippen MR) is 120 cm³/mol. The van der Waals surface area contributed by atoms with E-state index in [1.165, 1.54) is 11.3 Å². The highest BCUT2D eigenvalue weighted by molar-refractivity contribution is 5.92. The highest BCUT2D eigenvalue weighted by Gasteiger charge is 2.24. The Hall–Kier alpha value is -3.68. The number of aromatic nitrogens is 3. The summed E-state index contributed by atoms with van der Waals surface area (Å²) in [5.41, 5.74) is 3.46. The molecular formula is C23H26N6O2. The van der Waals surface area contributed by atoms with Crippen molar-refractivity contribution in [1.82, 2.24) is 19.4 Å². The van der Waals surface area contributed by atoms with Gasteiger partial charge >= 0.3 is 0 Å². The van der Waals surface area contributed by atoms with E-state index >= 15 is 0 Å². The number of imidazole rings is 1. The Kier molecular flexibility index (Phi) is 5.97. The smallest absolute Gasteiger partial charge is 0.274 e. The van der Waals surface area contributed by atoms with E-state index in [1.54, 1.807) is 42.3 Å². The fourth-order valence-electron chi connectivity index (χ4n) is 3.51. The molecule has 2 amide bonds. The van der Waals surface area contributed by atoms with Gasteiger partial charge in [-0.1, -0.05) is 24.6 Å². The van der Waals surface area contributed by atoms with Crippen LogP contribution in [0.25, 0.3) is 5.82 Å². The molecule has 4 rings (SSSR count). The summed E-state index contributed by atoms with van der Waals surface area (Å²) < 4.78 is 1.71. The molecule has 0 saturated carbocycles. The van der Waals surface area contributed by atoms with Gasteiger partial charge in [-0.05, 0) is 31.2 Å². The van der Waals surface area contributed by atoms with Crippen molar-refractivity contribution in [3.8, 4) is 5.82 Å². The van der Waals surface area contributed by atoms with Crippen LogP contribution in [0.2, 0.25) is 0 Å². The Labute approximate surface area is 181 Å². The molecule has 1 aliphatic rings. The number of carbonyl (C=O) groups excluding carboxylic acids is 2. The Bertz CT molecular complexity index is 1050. The zero-order chi connectivity index (χ0) is 21.8. The molecule has 0 spiro atoms. The van der Waals surface area contributed by atoms with Gasteiger partial charge in [0.1, 0.15) is 17.8 Å². The number of nitrogens with one attached hydrogen (secondary N) is 1. The Morgan fingerprint density at radius 3 is 2.39 bits per heavy atom. The van der Waals surface area contributed by atoms with Crippen LogP contribution in [-0.4, -0.2) is 57.4 Å². The van der Waals surface area contributed by atoms with Crippen LogP contribution in [0.5, 0.6) is 0 Å². The molecule has 0 aliphatic carbocycles. The minimum absolute atomic E-state index is 0.0625. The third-order valence-electron chi connectivity index (χ3n) is 5.38. The van der Waals surface area contributed by atoms with Gasteiger partial charge in [0.25, 0.3) is 5.91 Å². The predicted octanol–water partition coefficient (Wildman–Crippen LogP) is 2.89. The fraction of sp³-hybridized carbons (Fsp3) is 0.304. The van der Waals surface area contributed by atoms with Crippen molar-refractivity contribution in [1.29, 1.82) is 0 Å². The second-order valence-corrected chi connectivity index (χ2v) is 7.59. The summed E-state index contributed by atoms with van der Waals surface area (Å²) in [5, 5.41) is 2.76. The third-order valence-corrected chi connectivity index (χ3v) is 5.38. The van der Waals surface area contributed by atoms with Gasteiger partial charge in [0.2, 0.25) is 5.91 Å². The van der Waals surface area contributed by atoms with E-state index in [2.05, 4.69) is 51.4 Å². The zero-order valence-corrected chi connectivity index (χ0v) is 17.8. The van der Waals surface area contributed by atoms with Crippen LogP contribution in [0.15, 0.2) is 55.1 Å². The number of anilines is 2. The molecule has 0 bridgehead atoms. The lowest BCUT2D eigenvalue weighted by molar-refractivity contribution is -0.115. The van der Waals surface area contributed by atoms with Crippen LogP contribution >= 0.6 is 0 Å². The molecule has 2 aromatic heterocycles. The van der Waals surface area contributed by atoms with E-state index in [9.17, 15) is 9.59 Å². The van der Waals surface area contributed by atoms with E-state index in [0.29, 0.717) is 36.7 Å². The molecule has 0 radical (unpaired) electrons. The summed E-state index contributed by atoms with van der Waals surface area (Å²) in [6.07, 6.45) is 5.28. The fourth-order valence-corrected chi connectivity index (χ4v) is 3.51. The lowest BCUT2D eigenvalue weighted by atomic mass is 10.2. The number of benzene rings is 1. The van der Waals surface area contributed by atoms with Gasteiger partial charge in [-0.25, -0.2) is 9.97 Å². The average Bonchev–Trinajstić information content (AvgIpc) is 3.30. The Morgan fingerprint density at radius 2 is 1.74 bits per heavy atom. The molecule has 8 heteroatoms. The molecule has 0 atom stereocenters. The van der Waals surface area contributed by atoms with Crippen molar-refractivity contribution in [3.05, 3.63) is 66.4 Å². The zero-order valence-electron chi connectivity index (χ0n) is 17.8. The van der Waals surface area contributed by atoms with Gasteiger partial charge in [-0.3, -0.25) is 14.2 Å². The standard InChI is InChI=1S/C23H26N6O2/c1-3-22(30)26-18-6-9-21(24-14-18)29-15-20(25-16-29)23(31)28-12-10-27(11-13-28)19-7-4-17(2)5-8-19/h4-9,14-16H,3,10-13H2,1-2H3,(H,26,30). The van der Waals surface area contributed by atoms with E-state index in [-0.39, 0.29) is 11.8 Å². The number of nitrogens with zero attached hydrogens (tertiary/aromatic N) is 5. The van der Waals surface area contributed by atoms with Crippen LogP contribution in [-0.2, 0) is 4.79 Å². The molecule has 3 aromatic rings. The topological polar surface area (TPSA) is 83.4 Å². The number of pyridine rings is 1. The minimum Gasteiger partial charge on any atom is -0.368 e. The molecule has 8 nitrogen and oxygen atoms in total. The number of aryl methyl sites for hydroxylation is 1. The summed E-state index contributed by atoms with van der Waals surface area (Å²) in [6.45, 7) is 6.77. The molecule has 0 unspecified atom stereocenters. The average molecular weight is 419 g/mol. The molecule has 160 valence electrons. The quantitative estimate of drug-likeness (QED) is 0.689. The maximum Gasteiger partial charge on any atom is 0.274 e. The molecule has 3 heterocycles. The maximum atomic E-state index is 12.9. The van der Waals surface area contributed by atoms with E-state index in [1.807, 2.05) is 4.90 Å². The molecule has 1 aliphatic heterocycles. The summed E-state index contributed by atoms with van der Waals surface area (Å²) in [5.74, 6) is 0.493. The van der Waals surface area contributed by atoms with Crippen molar-refractivity contribution in [3.63, 3.8) is 0 Å². The van der Waals surface area contributed by atoms with Crippen molar-refractivity contribution >= 4 is 23.2 Å². The highest BCUT2D eigenvalue weighted by atomic mass is 16.2. The van der Waals surface area contributed by atoms with E-state index in [0.717, 1.165) is 13.1 Å². The van der Waals surface area contributed by atoms with Gasteiger partial charge in [0.15, 0.2) is 0 Å². The molecule has 31 heavy (non-hydrogen) atoms. The first-order valence-corrected chi connectivity index (χ1v) is 10.4. The van der Waals surface area contributed by atoms with Gasteiger partial charge in [0, 0.05) is 44.5 Å².